The number of carbonyl (C=O) groups excluding carboxylic acids is 4. The van der Waals surface area contributed by atoms with E-state index in [-0.39, 0.29) is 24.3 Å². The van der Waals surface area contributed by atoms with Gasteiger partial charge in [-0.2, -0.15) is 0 Å². The van der Waals surface area contributed by atoms with Crippen LogP contribution < -0.4 is 10.6 Å². The van der Waals surface area contributed by atoms with Crippen LogP contribution in [0.25, 0.3) is 44.4 Å². The van der Waals surface area contributed by atoms with Crippen LogP contribution in [0.3, 0.4) is 0 Å². The Morgan fingerprint density at radius 1 is 0.781 bits per heavy atom. The molecule has 0 spiro atoms. The Labute approximate surface area is 373 Å². The molecule has 2 atom stereocenters. The van der Waals surface area contributed by atoms with Gasteiger partial charge in [-0.15, -0.1) is 6.58 Å². The number of aromatic nitrogens is 4. The maximum atomic E-state index is 14.0. The lowest BCUT2D eigenvalue weighted by Crippen LogP contribution is -2.51. The Balaban J connectivity index is 1.06. The minimum Gasteiger partial charge on any atom is -0.453 e. The van der Waals surface area contributed by atoms with E-state index in [1.54, 1.807) is 34.2 Å². The van der Waals surface area contributed by atoms with Crippen LogP contribution in [0.1, 0.15) is 68.1 Å². The number of imidazole rings is 2. The summed E-state index contributed by atoms with van der Waals surface area (Å²) in [6.07, 6.45) is 5.15. The van der Waals surface area contributed by atoms with Crippen molar-refractivity contribution in [2.75, 3.05) is 27.3 Å². The lowest BCUT2D eigenvalue weighted by atomic mass is 9.89. The molecule has 0 bridgehead atoms. The summed E-state index contributed by atoms with van der Waals surface area (Å²) in [7, 11) is 2.56. The highest BCUT2D eigenvalue weighted by Crippen LogP contribution is 2.36. The number of alkyl carbamates (subject to hydrolysis) is 2. The molecule has 1 aliphatic carbocycles. The smallest absolute Gasteiger partial charge is 0.407 e. The number of aryl methyl sites for hydroxylation is 2. The van der Waals surface area contributed by atoms with Crippen molar-refractivity contribution >= 4 is 34.8 Å². The van der Waals surface area contributed by atoms with Crippen molar-refractivity contribution in [3.8, 4) is 33.6 Å². The van der Waals surface area contributed by atoms with Gasteiger partial charge in [0.15, 0.2) is 0 Å². The van der Waals surface area contributed by atoms with Gasteiger partial charge in [0.05, 0.1) is 50.6 Å². The molecule has 14 nitrogen and oxygen atoms in total. The van der Waals surface area contributed by atoms with E-state index in [0.29, 0.717) is 43.3 Å². The van der Waals surface area contributed by atoms with Gasteiger partial charge in [-0.05, 0) is 76.8 Å². The fourth-order valence-electron chi connectivity index (χ4n) is 8.20. The molecule has 7 rings (SSSR count). The minimum absolute atomic E-state index is 0.121. The maximum absolute atomic E-state index is 14.0. The molecule has 332 valence electrons. The number of carbonyl (C=O) groups is 4. The quantitative estimate of drug-likeness (QED) is 0.0661. The van der Waals surface area contributed by atoms with E-state index < -0.39 is 24.3 Å². The second-order valence-electron chi connectivity index (χ2n) is 16.3. The first-order chi connectivity index (χ1) is 31.0. The summed E-state index contributed by atoms with van der Waals surface area (Å²) < 4.78 is 9.62. The van der Waals surface area contributed by atoms with Gasteiger partial charge in [0.1, 0.15) is 23.7 Å². The highest BCUT2D eigenvalue weighted by Gasteiger charge is 2.31. The summed E-state index contributed by atoms with van der Waals surface area (Å²) in [5.41, 5.74) is 8.96. The number of aromatic amines is 2. The molecule has 14 heteroatoms. The molecule has 0 unspecified atom stereocenters. The summed E-state index contributed by atoms with van der Waals surface area (Å²) in [6.45, 7) is 11.1. The molecule has 0 fully saturated rings. The molecule has 4 amide bonds. The van der Waals surface area contributed by atoms with E-state index in [1.165, 1.54) is 19.8 Å². The Morgan fingerprint density at radius 3 is 2.14 bits per heavy atom. The van der Waals surface area contributed by atoms with Gasteiger partial charge in [-0.3, -0.25) is 9.59 Å². The van der Waals surface area contributed by atoms with Crippen LogP contribution in [0.15, 0.2) is 104 Å². The largest absolute Gasteiger partial charge is 0.453 e. The van der Waals surface area contributed by atoms with E-state index in [2.05, 4.69) is 86.8 Å². The monoisotopic (exact) mass is 864 g/mol. The normalized spacial score (nSPS) is 12.7. The molecule has 6 aromatic rings. The van der Waals surface area contributed by atoms with E-state index in [4.69, 9.17) is 14.5 Å². The van der Waals surface area contributed by atoms with Crippen LogP contribution in [0, 0.1) is 5.92 Å². The third-order valence-electron chi connectivity index (χ3n) is 11.6. The molecular formula is C50H56N8O6. The standard InChI is InChI=1S/C50H56N8O6/c1-7-9-24-58(48(60)45(56-50(62)64-6)32-13-11-10-12-14-32)29-42-51-28-41(53-42)38-18-17-34-25-33(15-16-35(34)27-38)36-19-21-39-37(26-36)20-22-40-46(39)54-43(52-40)30-57(23-8-2)47(59)44(31(3)4)55-49(61)63-5/h7,10-19,21,25-28,31,44-45H,1,8-9,20,22-24,29-30H2,2-6H3,(H,51,53)(H,52,54)(H,55,61)(H,56,62)/t44-,45+/m0/s1. The number of methoxy groups -OCH3 is 2. The van der Waals surface area contributed by atoms with Crippen molar-refractivity contribution in [1.82, 2.24) is 40.4 Å². The summed E-state index contributed by atoms with van der Waals surface area (Å²) >= 11 is 0. The molecule has 2 aromatic heterocycles. The molecular weight excluding hydrogens is 809 g/mol. The second kappa shape index (κ2) is 20.3. The van der Waals surface area contributed by atoms with Gasteiger partial charge in [-0.25, -0.2) is 19.6 Å². The third-order valence-corrected chi connectivity index (χ3v) is 11.6. The zero-order valence-corrected chi connectivity index (χ0v) is 37.1. The third kappa shape index (κ3) is 10.2. The van der Waals surface area contributed by atoms with Gasteiger partial charge in [0, 0.05) is 24.2 Å². The molecule has 2 heterocycles. The van der Waals surface area contributed by atoms with Crippen LogP contribution in [0.4, 0.5) is 9.59 Å². The van der Waals surface area contributed by atoms with Gasteiger partial charge in [-0.1, -0.05) is 99.6 Å². The van der Waals surface area contributed by atoms with Crippen LogP contribution >= 0.6 is 0 Å². The van der Waals surface area contributed by atoms with E-state index in [1.807, 2.05) is 39.0 Å². The van der Waals surface area contributed by atoms with Gasteiger partial charge < -0.3 is 39.9 Å². The predicted octanol–water partition coefficient (Wildman–Crippen LogP) is 8.51. The van der Waals surface area contributed by atoms with E-state index in [9.17, 15) is 19.2 Å². The number of H-pyrrole nitrogens is 2. The SMILES string of the molecule is C=CCCN(Cc1ncc(-c2ccc3cc(-c4ccc5c(c4)CCc4nc(CN(CCC)C(=O)[C@@H](NC(=O)OC)C(C)C)[nH]c4-5)ccc3c2)[nH]1)C(=O)[C@H](NC(=O)OC)c1ccccc1. The van der Waals surface area contributed by atoms with Gasteiger partial charge >= 0.3 is 12.2 Å². The van der Waals surface area contributed by atoms with Crippen molar-refractivity contribution in [2.45, 2.75) is 71.6 Å². The second-order valence-corrected chi connectivity index (χ2v) is 16.3. The molecule has 1 aliphatic rings. The average molecular weight is 865 g/mol. The number of hydrogen-bond donors (Lipinski definition) is 4. The topological polar surface area (TPSA) is 175 Å². The first-order valence-corrected chi connectivity index (χ1v) is 21.7. The molecule has 64 heavy (non-hydrogen) atoms. The van der Waals surface area contributed by atoms with Gasteiger partial charge in [0.25, 0.3) is 0 Å². The number of rotatable bonds is 17. The average Bonchev–Trinajstić information content (AvgIpc) is 3.97. The Hall–Kier alpha value is -7.22. The number of benzene rings is 4. The fraction of sp³-hybridized carbons (Fsp3) is 0.320. The zero-order valence-electron chi connectivity index (χ0n) is 37.1. The highest BCUT2D eigenvalue weighted by atomic mass is 16.5. The van der Waals surface area contributed by atoms with Crippen molar-refractivity contribution in [3.05, 3.63) is 132 Å². The van der Waals surface area contributed by atoms with Crippen LogP contribution in [-0.2, 0) is 45.0 Å². The maximum Gasteiger partial charge on any atom is 0.407 e. The lowest BCUT2D eigenvalue weighted by molar-refractivity contribution is -0.135. The van der Waals surface area contributed by atoms with Crippen LogP contribution in [-0.4, -0.2) is 87.1 Å². The number of fused-ring (bicyclic) bond motifs is 4. The molecule has 0 saturated carbocycles. The first kappa shape index (κ1) is 44.8. The Bertz CT molecular complexity index is 2640. The number of nitrogens with zero attached hydrogens (tertiary/aromatic N) is 4. The summed E-state index contributed by atoms with van der Waals surface area (Å²) in [5.74, 6) is 0.749. The number of nitrogens with one attached hydrogen (secondary N) is 4. The van der Waals surface area contributed by atoms with Crippen LogP contribution in [0.5, 0.6) is 0 Å². The van der Waals surface area contributed by atoms with Crippen molar-refractivity contribution in [2.24, 2.45) is 5.92 Å². The minimum atomic E-state index is -0.938. The number of ether oxygens (including phenoxy) is 2. The van der Waals surface area contributed by atoms with Crippen molar-refractivity contribution < 1.29 is 28.7 Å². The Kier molecular flexibility index (Phi) is 14.2. The first-order valence-electron chi connectivity index (χ1n) is 21.7. The summed E-state index contributed by atoms with van der Waals surface area (Å²) in [5, 5.41) is 7.57. The number of amides is 4. The van der Waals surface area contributed by atoms with Crippen molar-refractivity contribution in [1.29, 1.82) is 0 Å². The summed E-state index contributed by atoms with van der Waals surface area (Å²) in [6, 6.07) is 26.8. The zero-order chi connectivity index (χ0) is 45.3. The predicted molar refractivity (Wildman–Crippen MR) is 247 cm³/mol. The molecule has 4 aromatic carbocycles. The van der Waals surface area contributed by atoms with Crippen molar-refractivity contribution in [3.63, 3.8) is 0 Å². The van der Waals surface area contributed by atoms with Crippen LogP contribution in [0.2, 0.25) is 0 Å². The number of hydrogen-bond acceptors (Lipinski definition) is 8. The highest BCUT2D eigenvalue weighted by molar-refractivity contribution is 5.91. The van der Waals surface area contributed by atoms with E-state index >= 15 is 0 Å². The molecule has 0 saturated heterocycles. The fourth-order valence-corrected chi connectivity index (χ4v) is 8.20. The molecule has 4 N–H and O–H groups in total. The Morgan fingerprint density at radius 2 is 1.44 bits per heavy atom. The molecule has 0 aliphatic heterocycles. The summed E-state index contributed by atoms with van der Waals surface area (Å²) in [4.78, 5) is 71.9. The van der Waals surface area contributed by atoms with E-state index in [0.717, 1.165) is 69.4 Å². The van der Waals surface area contributed by atoms with Gasteiger partial charge in [0.2, 0.25) is 11.8 Å². The lowest BCUT2D eigenvalue weighted by Gasteiger charge is -2.28. The molecule has 0 radical (unpaired) electrons.